The van der Waals surface area contributed by atoms with E-state index in [1.807, 2.05) is 11.6 Å². The number of halogens is 1. The molecule has 1 fully saturated rings. The summed E-state index contributed by atoms with van der Waals surface area (Å²) < 4.78 is 1.97. The summed E-state index contributed by atoms with van der Waals surface area (Å²) in [5.74, 6) is 0. The molecule has 1 atom stereocenters. The molecule has 3 heteroatoms. The molecule has 1 N–H and O–H groups in total. The fraction of sp³-hybridized carbons (Fsp3) is 0.600. The van der Waals surface area contributed by atoms with E-state index in [9.17, 15) is 0 Å². The Hall–Kier alpha value is -0.470. The number of hydrogen-bond donors (Lipinski definition) is 1. The van der Waals surface area contributed by atoms with Gasteiger partial charge in [-0.1, -0.05) is 18.0 Å². The van der Waals surface area contributed by atoms with Crippen molar-refractivity contribution in [2.24, 2.45) is 7.05 Å². The Labute approximate surface area is 83.9 Å². The minimum absolute atomic E-state index is 0.521. The van der Waals surface area contributed by atoms with Crippen molar-refractivity contribution in [3.05, 3.63) is 23.0 Å². The molecule has 0 saturated carbocycles. The maximum atomic E-state index is 5.98. The Morgan fingerprint density at radius 3 is 2.92 bits per heavy atom. The highest BCUT2D eigenvalue weighted by atomic mass is 35.5. The SMILES string of the molecule is Cn1cc(C2CCCCN2)cc1Cl. The van der Waals surface area contributed by atoms with Crippen LogP contribution in [0, 0.1) is 0 Å². The van der Waals surface area contributed by atoms with Crippen LogP contribution in [-0.4, -0.2) is 11.1 Å². The van der Waals surface area contributed by atoms with Crippen LogP contribution in [0.5, 0.6) is 0 Å². The largest absolute Gasteiger partial charge is 0.342 e. The lowest BCUT2D eigenvalue weighted by Gasteiger charge is -2.22. The molecule has 2 heterocycles. The van der Waals surface area contributed by atoms with Gasteiger partial charge in [0, 0.05) is 19.3 Å². The zero-order chi connectivity index (χ0) is 9.26. The highest BCUT2D eigenvalue weighted by molar-refractivity contribution is 6.29. The van der Waals surface area contributed by atoms with Gasteiger partial charge < -0.3 is 9.88 Å². The lowest BCUT2D eigenvalue weighted by Crippen LogP contribution is -2.26. The van der Waals surface area contributed by atoms with Crippen molar-refractivity contribution in [2.75, 3.05) is 6.54 Å². The summed E-state index contributed by atoms with van der Waals surface area (Å²) in [5, 5.41) is 4.33. The van der Waals surface area contributed by atoms with Crippen LogP contribution in [0.15, 0.2) is 12.3 Å². The second kappa shape index (κ2) is 3.72. The van der Waals surface area contributed by atoms with E-state index in [2.05, 4.69) is 17.6 Å². The van der Waals surface area contributed by atoms with E-state index in [0.29, 0.717) is 6.04 Å². The Kier molecular flexibility index (Phi) is 2.61. The molecule has 2 rings (SSSR count). The molecule has 72 valence electrons. The van der Waals surface area contributed by atoms with Crippen LogP contribution in [0.3, 0.4) is 0 Å². The lowest BCUT2D eigenvalue weighted by molar-refractivity contribution is 0.412. The standard InChI is InChI=1S/C10H15ClN2/c1-13-7-8(6-10(13)11)9-4-2-3-5-12-9/h6-7,9,12H,2-5H2,1H3. The van der Waals surface area contributed by atoms with E-state index < -0.39 is 0 Å². The minimum atomic E-state index is 0.521. The number of hydrogen-bond acceptors (Lipinski definition) is 1. The number of aromatic nitrogens is 1. The Morgan fingerprint density at radius 2 is 2.38 bits per heavy atom. The zero-order valence-electron chi connectivity index (χ0n) is 7.89. The molecule has 13 heavy (non-hydrogen) atoms. The summed E-state index contributed by atoms with van der Waals surface area (Å²) >= 11 is 5.98. The average molecular weight is 199 g/mol. The Balaban J connectivity index is 2.14. The van der Waals surface area contributed by atoms with Gasteiger partial charge in [-0.2, -0.15) is 0 Å². The minimum Gasteiger partial charge on any atom is -0.342 e. The van der Waals surface area contributed by atoms with Crippen LogP contribution in [0.4, 0.5) is 0 Å². The average Bonchev–Trinajstić information content (AvgIpc) is 2.49. The molecule has 0 spiro atoms. The van der Waals surface area contributed by atoms with Gasteiger partial charge in [-0.3, -0.25) is 0 Å². The van der Waals surface area contributed by atoms with Crippen molar-refractivity contribution in [1.82, 2.24) is 9.88 Å². The fourth-order valence-corrected chi connectivity index (χ4v) is 2.06. The summed E-state index contributed by atoms with van der Waals surface area (Å²) in [7, 11) is 1.98. The monoisotopic (exact) mass is 198 g/mol. The van der Waals surface area contributed by atoms with E-state index in [-0.39, 0.29) is 0 Å². The maximum absolute atomic E-state index is 5.98. The molecule has 1 aromatic rings. The van der Waals surface area contributed by atoms with Gasteiger partial charge in [-0.05, 0) is 31.0 Å². The van der Waals surface area contributed by atoms with E-state index in [4.69, 9.17) is 11.6 Å². The van der Waals surface area contributed by atoms with E-state index in [1.165, 1.54) is 24.8 Å². The van der Waals surface area contributed by atoms with Crippen molar-refractivity contribution >= 4 is 11.6 Å². The van der Waals surface area contributed by atoms with Crippen molar-refractivity contribution in [1.29, 1.82) is 0 Å². The van der Waals surface area contributed by atoms with Gasteiger partial charge >= 0.3 is 0 Å². The van der Waals surface area contributed by atoms with Crippen LogP contribution >= 0.6 is 11.6 Å². The van der Waals surface area contributed by atoms with E-state index >= 15 is 0 Å². The van der Waals surface area contributed by atoms with Crippen LogP contribution < -0.4 is 5.32 Å². The first-order valence-electron chi connectivity index (χ1n) is 4.82. The smallest absolute Gasteiger partial charge is 0.108 e. The molecular formula is C10H15ClN2. The van der Waals surface area contributed by atoms with Crippen LogP contribution in [-0.2, 0) is 7.05 Å². The van der Waals surface area contributed by atoms with Gasteiger partial charge in [0.1, 0.15) is 5.15 Å². The molecule has 1 aliphatic rings. The highest BCUT2D eigenvalue weighted by Gasteiger charge is 2.16. The summed E-state index contributed by atoms with van der Waals surface area (Å²) in [6.07, 6.45) is 5.98. The molecule has 1 unspecified atom stereocenters. The van der Waals surface area contributed by atoms with Gasteiger partial charge in [-0.25, -0.2) is 0 Å². The third-order valence-electron chi connectivity index (χ3n) is 2.68. The molecule has 0 aliphatic carbocycles. The van der Waals surface area contributed by atoms with E-state index in [1.54, 1.807) is 0 Å². The quantitative estimate of drug-likeness (QED) is 0.734. The van der Waals surface area contributed by atoms with Crippen molar-refractivity contribution in [2.45, 2.75) is 25.3 Å². The second-order valence-electron chi connectivity index (χ2n) is 3.71. The summed E-state index contributed by atoms with van der Waals surface area (Å²) in [5.41, 5.74) is 1.33. The Morgan fingerprint density at radius 1 is 1.54 bits per heavy atom. The van der Waals surface area contributed by atoms with Crippen LogP contribution in [0.1, 0.15) is 30.9 Å². The number of nitrogens with zero attached hydrogens (tertiary/aromatic N) is 1. The van der Waals surface area contributed by atoms with Crippen LogP contribution in [0.25, 0.3) is 0 Å². The predicted molar refractivity (Wildman–Crippen MR) is 55.0 cm³/mol. The molecule has 1 aromatic heterocycles. The van der Waals surface area contributed by atoms with Crippen molar-refractivity contribution < 1.29 is 0 Å². The normalized spacial score (nSPS) is 23.4. The first-order chi connectivity index (χ1) is 6.27. The number of aryl methyl sites for hydroxylation is 1. The van der Waals surface area contributed by atoms with E-state index in [0.717, 1.165) is 11.7 Å². The topological polar surface area (TPSA) is 17.0 Å². The van der Waals surface area contributed by atoms with Gasteiger partial charge in [0.25, 0.3) is 0 Å². The molecule has 1 saturated heterocycles. The van der Waals surface area contributed by atoms with Gasteiger partial charge in [0.05, 0.1) is 0 Å². The predicted octanol–water partition coefficient (Wildman–Crippen LogP) is 2.49. The van der Waals surface area contributed by atoms with Crippen molar-refractivity contribution in [3.63, 3.8) is 0 Å². The number of piperidine rings is 1. The molecule has 0 amide bonds. The second-order valence-corrected chi connectivity index (χ2v) is 4.10. The molecule has 1 aliphatic heterocycles. The number of rotatable bonds is 1. The summed E-state index contributed by atoms with van der Waals surface area (Å²) in [6.45, 7) is 1.14. The maximum Gasteiger partial charge on any atom is 0.108 e. The lowest BCUT2D eigenvalue weighted by atomic mass is 10.0. The number of nitrogens with one attached hydrogen (secondary N) is 1. The molecule has 0 bridgehead atoms. The third kappa shape index (κ3) is 1.89. The molecule has 0 aromatic carbocycles. The summed E-state index contributed by atoms with van der Waals surface area (Å²) in [4.78, 5) is 0. The summed E-state index contributed by atoms with van der Waals surface area (Å²) in [6, 6.07) is 2.58. The zero-order valence-corrected chi connectivity index (χ0v) is 8.64. The first-order valence-corrected chi connectivity index (χ1v) is 5.20. The van der Waals surface area contributed by atoms with Gasteiger partial charge in [0.15, 0.2) is 0 Å². The molecule has 0 radical (unpaired) electrons. The Bertz CT molecular complexity index is 268. The molecule has 2 nitrogen and oxygen atoms in total. The van der Waals surface area contributed by atoms with Gasteiger partial charge in [0.2, 0.25) is 0 Å². The fourth-order valence-electron chi connectivity index (χ4n) is 1.89. The third-order valence-corrected chi connectivity index (χ3v) is 3.05. The molecular weight excluding hydrogens is 184 g/mol. The highest BCUT2D eigenvalue weighted by Crippen LogP contribution is 2.25. The van der Waals surface area contributed by atoms with Gasteiger partial charge in [-0.15, -0.1) is 0 Å². The van der Waals surface area contributed by atoms with Crippen molar-refractivity contribution in [3.8, 4) is 0 Å². The van der Waals surface area contributed by atoms with Crippen LogP contribution in [0.2, 0.25) is 5.15 Å². The first kappa shape index (κ1) is 9.10.